The van der Waals surface area contributed by atoms with Crippen LogP contribution in [0.1, 0.15) is 36.2 Å². The standard InChI is InChI=1S/C12H15F2N3O2/c1-19-11(18)9-10(16-7-6-15-9)17-8-2-4-12(13,14)5-3-8/h6-8H,2-5H2,1H3,(H,16,17). The molecule has 104 valence electrons. The van der Waals surface area contributed by atoms with Crippen LogP contribution in [-0.4, -0.2) is 35.0 Å². The van der Waals surface area contributed by atoms with E-state index in [1.165, 1.54) is 19.5 Å². The van der Waals surface area contributed by atoms with Crippen LogP contribution in [-0.2, 0) is 4.74 Å². The molecule has 7 heteroatoms. The van der Waals surface area contributed by atoms with E-state index < -0.39 is 11.9 Å². The summed E-state index contributed by atoms with van der Waals surface area (Å²) in [6.07, 6.45) is 3.18. The largest absolute Gasteiger partial charge is 0.464 e. The van der Waals surface area contributed by atoms with E-state index in [-0.39, 0.29) is 30.4 Å². The maximum absolute atomic E-state index is 13.0. The van der Waals surface area contributed by atoms with Crippen molar-refractivity contribution in [3.05, 3.63) is 18.1 Å². The number of hydrogen-bond donors (Lipinski definition) is 1. The first-order valence-corrected chi connectivity index (χ1v) is 6.05. The fourth-order valence-electron chi connectivity index (χ4n) is 2.07. The highest BCUT2D eigenvalue weighted by molar-refractivity contribution is 5.92. The Morgan fingerprint density at radius 1 is 1.37 bits per heavy atom. The molecule has 1 aromatic heterocycles. The van der Waals surface area contributed by atoms with E-state index >= 15 is 0 Å². The zero-order valence-corrected chi connectivity index (χ0v) is 10.5. The van der Waals surface area contributed by atoms with Gasteiger partial charge in [-0.15, -0.1) is 0 Å². The van der Waals surface area contributed by atoms with Crippen LogP contribution in [0.2, 0.25) is 0 Å². The molecule has 2 rings (SSSR count). The monoisotopic (exact) mass is 271 g/mol. The number of rotatable bonds is 3. The molecular weight excluding hydrogens is 256 g/mol. The van der Waals surface area contributed by atoms with Gasteiger partial charge in [0.25, 0.3) is 0 Å². The number of ether oxygens (including phenoxy) is 1. The summed E-state index contributed by atoms with van der Waals surface area (Å²) in [5.74, 6) is -2.90. The third-order valence-corrected chi connectivity index (χ3v) is 3.13. The maximum atomic E-state index is 13.0. The van der Waals surface area contributed by atoms with Gasteiger partial charge >= 0.3 is 5.97 Å². The van der Waals surface area contributed by atoms with E-state index in [1.807, 2.05) is 0 Å². The lowest BCUT2D eigenvalue weighted by Crippen LogP contribution is -2.32. The molecule has 1 fully saturated rings. The topological polar surface area (TPSA) is 64.1 Å². The number of nitrogens with one attached hydrogen (secondary N) is 1. The number of nitrogens with zero attached hydrogens (tertiary/aromatic N) is 2. The summed E-state index contributed by atoms with van der Waals surface area (Å²) in [4.78, 5) is 19.4. The third-order valence-electron chi connectivity index (χ3n) is 3.13. The van der Waals surface area contributed by atoms with Crippen molar-refractivity contribution >= 4 is 11.8 Å². The van der Waals surface area contributed by atoms with E-state index in [4.69, 9.17) is 0 Å². The van der Waals surface area contributed by atoms with Gasteiger partial charge in [0, 0.05) is 31.3 Å². The molecule has 5 nitrogen and oxygen atoms in total. The van der Waals surface area contributed by atoms with Crippen molar-refractivity contribution in [2.24, 2.45) is 0 Å². The summed E-state index contributed by atoms with van der Waals surface area (Å²) in [7, 11) is 1.25. The third kappa shape index (κ3) is 3.36. The van der Waals surface area contributed by atoms with Gasteiger partial charge in [0.2, 0.25) is 5.92 Å². The number of carbonyl (C=O) groups is 1. The zero-order chi connectivity index (χ0) is 13.9. The second-order valence-corrected chi connectivity index (χ2v) is 4.52. The molecule has 0 aromatic carbocycles. The fraction of sp³-hybridized carbons (Fsp3) is 0.583. The van der Waals surface area contributed by atoms with Gasteiger partial charge in [-0.05, 0) is 12.8 Å². The van der Waals surface area contributed by atoms with E-state index in [0.717, 1.165) is 0 Å². The van der Waals surface area contributed by atoms with Gasteiger partial charge in [0.1, 0.15) is 0 Å². The second-order valence-electron chi connectivity index (χ2n) is 4.52. The molecule has 0 unspecified atom stereocenters. The number of methoxy groups -OCH3 is 1. The summed E-state index contributed by atoms with van der Waals surface area (Å²) < 4.78 is 30.7. The normalized spacial score (nSPS) is 18.9. The van der Waals surface area contributed by atoms with Crippen molar-refractivity contribution in [3.63, 3.8) is 0 Å². The van der Waals surface area contributed by atoms with Crippen molar-refractivity contribution in [1.82, 2.24) is 9.97 Å². The molecule has 1 N–H and O–H groups in total. The molecule has 1 heterocycles. The smallest absolute Gasteiger partial charge is 0.360 e. The quantitative estimate of drug-likeness (QED) is 0.854. The van der Waals surface area contributed by atoms with Gasteiger partial charge in [-0.3, -0.25) is 0 Å². The Hall–Kier alpha value is -1.79. The summed E-state index contributed by atoms with van der Waals surface area (Å²) in [5, 5.41) is 2.99. The van der Waals surface area contributed by atoms with Crippen LogP contribution in [0, 0.1) is 0 Å². The minimum atomic E-state index is -2.58. The van der Waals surface area contributed by atoms with E-state index in [2.05, 4.69) is 20.0 Å². The molecule has 1 aliphatic rings. The lowest BCUT2D eigenvalue weighted by molar-refractivity contribution is -0.0361. The number of anilines is 1. The van der Waals surface area contributed by atoms with Crippen molar-refractivity contribution in [2.45, 2.75) is 37.6 Å². The van der Waals surface area contributed by atoms with E-state index in [1.54, 1.807) is 0 Å². The molecule has 0 aliphatic heterocycles. The van der Waals surface area contributed by atoms with Crippen LogP contribution in [0.15, 0.2) is 12.4 Å². The van der Waals surface area contributed by atoms with Crippen LogP contribution in [0.5, 0.6) is 0 Å². The molecule has 19 heavy (non-hydrogen) atoms. The number of aromatic nitrogens is 2. The van der Waals surface area contributed by atoms with Crippen molar-refractivity contribution in [2.75, 3.05) is 12.4 Å². The summed E-state index contributed by atoms with van der Waals surface area (Å²) >= 11 is 0. The number of esters is 1. The lowest BCUT2D eigenvalue weighted by Gasteiger charge is -2.29. The molecule has 0 amide bonds. The Bertz CT molecular complexity index is 458. The summed E-state index contributed by atoms with van der Waals surface area (Å²) in [5.41, 5.74) is 0.0716. The number of alkyl halides is 2. The van der Waals surface area contributed by atoms with Gasteiger partial charge in [0.15, 0.2) is 11.5 Å². The number of halogens is 2. The SMILES string of the molecule is COC(=O)c1nccnc1NC1CCC(F)(F)CC1. The first-order valence-electron chi connectivity index (χ1n) is 6.05. The van der Waals surface area contributed by atoms with Crippen LogP contribution < -0.4 is 5.32 Å². The molecule has 1 saturated carbocycles. The first kappa shape index (κ1) is 13.6. The number of hydrogen-bond acceptors (Lipinski definition) is 5. The molecule has 0 atom stereocenters. The van der Waals surface area contributed by atoms with Crippen molar-refractivity contribution < 1.29 is 18.3 Å². The average molecular weight is 271 g/mol. The maximum Gasteiger partial charge on any atom is 0.360 e. The minimum Gasteiger partial charge on any atom is -0.464 e. The Labute approximate surface area is 109 Å². The van der Waals surface area contributed by atoms with Gasteiger partial charge in [-0.2, -0.15) is 0 Å². The highest BCUT2D eigenvalue weighted by Crippen LogP contribution is 2.34. The summed E-state index contributed by atoms with van der Waals surface area (Å²) in [6, 6.07) is -0.125. The van der Waals surface area contributed by atoms with Crippen LogP contribution >= 0.6 is 0 Å². The van der Waals surface area contributed by atoms with Crippen LogP contribution in [0.4, 0.5) is 14.6 Å². The van der Waals surface area contributed by atoms with Crippen LogP contribution in [0.3, 0.4) is 0 Å². The lowest BCUT2D eigenvalue weighted by atomic mass is 9.92. The molecule has 0 saturated heterocycles. The van der Waals surface area contributed by atoms with E-state index in [9.17, 15) is 13.6 Å². The Balaban J connectivity index is 2.06. The van der Waals surface area contributed by atoms with Crippen LogP contribution in [0.25, 0.3) is 0 Å². The molecule has 0 bridgehead atoms. The molecule has 0 spiro atoms. The second kappa shape index (κ2) is 5.46. The van der Waals surface area contributed by atoms with Gasteiger partial charge in [0.05, 0.1) is 7.11 Å². The highest BCUT2D eigenvalue weighted by Gasteiger charge is 2.35. The van der Waals surface area contributed by atoms with Gasteiger partial charge < -0.3 is 10.1 Å². The highest BCUT2D eigenvalue weighted by atomic mass is 19.3. The van der Waals surface area contributed by atoms with Gasteiger partial charge in [-0.25, -0.2) is 23.5 Å². The molecule has 1 aliphatic carbocycles. The predicted molar refractivity (Wildman–Crippen MR) is 64.2 cm³/mol. The predicted octanol–water partition coefficient (Wildman–Crippen LogP) is 2.25. The Morgan fingerprint density at radius 2 is 2.00 bits per heavy atom. The summed E-state index contributed by atoms with van der Waals surface area (Å²) in [6.45, 7) is 0. The molecule has 1 aromatic rings. The molecule has 0 radical (unpaired) electrons. The minimum absolute atomic E-state index is 0.0716. The molecular formula is C12H15F2N3O2. The number of carbonyl (C=O) groups excluding carboxylic acids is 1. The van der Waals surface area contributed by atoms with Crippen molar-refractivity contribution in [1.29, 1.82) is 0 Å². The van der Waals surface area contributed by atoms with Crippen molar-refractivity contribution in [3.8, 4) is 0 Å². The Morgan fingerprint density at radius 3 is 2.63 bits per heavy atom. The fourth-order valence-corrected chi connectivity index (χ4v) is 2.07. The first-order chi connectivity index (χ1) is 9.02. The average Bonchev–Trinajstić information content (AvgIpc) is 2.41. The van der Waals surface area contributed by atoms with E-state index in [0.29, 0.717) is 12.8 Å². The Kier molecular flexibility index (Phi) is 3.92. The van der Waals surface area contributed by atoms with Gasteiger partial charge in [-0.1, -0.05) is 0 Å². The zero-order valence-electron chi connectivity index (χ0n) is 10.5.